The largest absolute Gasteiger partial charge is 0.339 e. The Morgan fingerprint density at radius 1 is 1.04 bits per heavy atom. The topological polar surface area (TPSA) is 55.9 Å². The summed E-state index contributed by atoms with van der Waals surface area (Å²) in [6.07, 6.45) is 6.64. The van der Waals surface area contributed by atoms with Crippen LogP contribution >= 0.6 is 0 Å². The number of nitrogens with one attached hydrogen (secondary N) is 1. The van der Waals surface area contributed by atoms with Crippen molar-refractivity contribution in [2.45, 2.75) is 50.6 Å². The molecule has 2 atom stereocenters. The van der Waals surface area contributed by atoms with Gasteiger partial charge in [-0.3, -0.25) is 9.69 Å². The van der Waals surface area contributed by atoms with Crippen molar-refractivity contribution in [3.63, 3.8) is 0 Å². The molecule has 0 radical (unpaired) electrons. The molecule has 6 nitrogen and oxygen atoms in total. The molecule has 1 N–H and O–H groups in total. The number of rotatable bonds is 4. The minimum atomic E-state index is 0.0593. The maximum atomic E-state index is 12.4. The van der Waals surface area contributed by atoms with E-state index in [1.165, 1.54) is 25.9 Å². The summed E-state index contributed by atoms with van der Waals surface area (Å²) < 4.78 is 0. The van der Waals surface area contributed by atoms with Gasteiger partial charge in [-0.25, -0.2) is 4.79 Å². The van der Waals surface area contributed by atoms with Gasteiger partial charge in [-0.05, 0) is 45.2 Å². The van der Waals surface area contributed by atoms with Crippen LogP contribution in [0.3, 0.4) is 0 Å². The SMILES string of the molecule is O=C(NCC1CC(=O)N(C2CC2)C1)N1CCC(N2CCCC2)C1. The van der Waals surface area contributed by atoms with Gasteiger partial charge in [-0.2, -0.15) is 0 Å². The lowest BCUT2D eigenvalue weighted by atomic mass is 10.1. The third kappa shape index (κ3) is 3.32. The molecule has 4 aliphatic rings. The van der Waals surface area contributed by atoms with Crippen LogP contribution in [0.4, 0.5) is 4.79 Å². The number of amides is 3. The van der Waals surface area contributed by atoms with Gasteiger partial charge in [-0.1, -0.05) is 0 Å². The molecule has 1 saturated carbocycles. The van der Waals surface area contributed by atoms with E-state index in [0.29, 0.717) is 31.0 Å². The third-order valence-electron chi connectivity index (χ3n) is 5.88. The molecule has 1 aliphatic carbocycles. The second-order valence-corrected chi connectivity index (χ2v) is 7.67. The number of hydrogen-bond donors (Lipinski definition) is 1. The van der Waals surface area contributed by atoms with Crippen LogP contribution in [0.25, 0.3) is 0 Å². The third-order valence-corrected chi connectivity index (χ3v) is 5.88. The molecule has 2 unspecified atom stereocenters. The molecule has 23 heavy (non-hydrogen) atoms. The molecule has 0 bridgehead atoms. The number of urea groups is 1. The monoisotopic (exact) mass is 320 g/mol. The van der Waals surface area contributed by atoms with Crippen LogP contribution in [0, 0.1) is 5.92 Å². The van der Waals surface area contributed by atoms with Crippen LogP contribution in [0.5, 0.6) is 0 Å². The lowest BCUT2D eigenvalue weighted by Crippen LogP contribution is -2.43. The van der Waals surface area contributed by atoms with Crippen LogP contribution in [0.1, 0.15) is 38.5 Å². The maximum absolute atomic E-state index is 12.4. The highest BCUT2D eigenvalue weighted by Gasteiger charge is 2.39. The van der Waals surface area contributed by atoms with Crippen molar-refractivity contribution in [1.82, 2.24) is 20.0 Å². The van der Waals surface area contributed by atoms with Gasteiger partial charge in [0, 0.05) is 50.6 Å². The molecule has 0 spiro atoms. The molecule has 4 rings (SSSR count). The average molecular weight is 320 g/mol. The average Bonchev–Trinajstić information content (AvgIpc) is 2.98. The van der Waals surface area contributed by atoms with Crippen molar-refractivity contribution in [3.8, 4) is 0 Å². The van der Waals surface area contributed by atoms with Crippen LogP contribution < -0.4 is 5.32 Å². The normalized spacial score (nSPS) is 32.1. The van der Waals surface area contributed by atoms with Crippen LogP contribution in [0.2, 0.25) is 0 Å². The Hall–Kier alpha value is -1.30. The van der Waals surface area contributed by atoms with Gasteiger partial charge < -0.3 is 15.1 Å². The first-order chi connectivity index (χ1) is 11.2. The zero-order chi connectivity index (χ0) is 15.8. The maximum Gasteiger partial charge on any atom is 0.317 e. The fourth-order valence-corrected chi connectivity index (χ4v) is 4.36. The Bertz CT molecular complexity index is 473. The lowest BCUT2D eigenvalue weighted by Gasteiger charge is -2.24. The molecule has 6 heteroatoms. The summed E-state index contributed by atoms with van der Waals surface area (Å²) >= 11 is 0. The van der Waals surface area contributed by atoms with Gasteiger partial charge in [0.25, 0.3) is 0 Å². The van der Waals surface area contributed by atoms with Crippen LogP contribution in [-0.2, 0) is 4.79 Å². The minimum Gasteiger partial charge on any atom is -0.339 e. The molecule has 0 aromatic carbocycles. The first-order valence-corrected chi connectivity index (χ1v) is 9.27. The molecule has 0 aromatic heterocycles. The van der Waals surface area contributed by atoms with E-state index in [4.69, 9.17) is 0 Å². The van der Waals surface area contributed by atoms with Crippen molar-refractivity contribution < 1.29 is 9.59 Å². The summed E-state index contributed by atoms with van der Waals surface area (Å²) in [7, 11) is 0. The predicted octanol–water partition coefficient (Wildman–Crippen LogP) is 0.877. The van der Waals surface area contributed by atoms with E-state index < -0.39 is 0 Å². The zero-order valence-electron chi connectivity index (χ0n) is 13.9. The second kappa shape index (κ2) is 6.30. The first kappa shape index (κ1) is 15.2. The van der Waals surface area contributed by atoms with Crippen molar-refractivity contribution in [2.24, 2.45) is 5.92 Å². The zero-order valence-corrected chi connectivity index (χ0v) is 13.9. The number of likely N-dealkylation sites (tertiary alicyclic amines) is 3. The van der Waals surface area contributed by atoms with Crippen LogP contribution in [0.15, 0.2) is 0 Å². The molecule has 3 heterocycles. The Morgan fingerprint density at radius 3 is 2.57 bits per heavy atom. The summed E-state index contributed by atoms with van der Waals surface area (Å²) in [5, 5.41) is 3.07. The number of hydrogen-bond acceptors (Lipinski definition) is 3. The van der Waals surface area contributed by atoms with Crippen molar-refractivity contribution in [1.29, 1.82) is 0 Å². The number of carbonyl (C=O) groups is 2. The fourth-order valence-electron chi connectivity index (χ4n) is 4.36. The molecular formula is C17H28N4O2. The summed E-state index contributed by atoms with van der Waals surface area (Å²) in [6, 6.07) is 1.12. The smallest absolute Gasteiger partial charge is 0.317 e. The highest BCUT2D eigenvalue weighted by atomic mass is 16.2. The summed E-state index contributed by atoms with van der Waals surface area (Å²) in [4.78, 5) is 30.8. The number of carbonyl (C=O) groups excluding carboxylic acids is 2. The molecule has 0 aromatic rings. The Labute approximate surface area is 138 Å². The summed E-state index contributed by atoms with van der Waals surface area (Å²) in [6.45, 7) is 5.59. The van der Waals surface area contributed by atoms with Gasteiger partial charge >= 0.3 is 6.03 Å². The standard InChI is InChI=1S/C17H28N4O2/c22-16-9-13(11-21(16)14-3-4-14)10-18-17(23)20-8-5-15(12-20)19-6-1-2-7-19/h13-15H,1-12H2,(H,18,23). The van der Waals surface area contributed by atoms with Crippen molar-refractivity contribution >= 4 is 11.9 Å². The van der Waals surface area contributed by atoms with Gasteiger partial charge in [0.05, 0.1) is 0 Å². The minimum absolute atomic E-state index is 0.0593. The molecule has 3 amide bonds. The van der Waals surface area contributed by atoms with Crippen molar-refractivity contribution in [3.05, 3.63) is 0 Å². The Balaban J connectivity index is 1.21. The van der Waals surface area contributed by atoms with E-state index in [0.717, 1.165) is 38.9 Å². The molecule has 128 valence electrons. The highest BCUT2D eigenvalue weighted by Crippen LogP contribution is 2.32. The van der Waals surface area contributed by atoms with Gasteiger partial charge in [0.15, 0.2) is 0 Å². The van der Waals surface area contributed by atoms with E-state index in [2.05, 4.69) is 10.2 Å². The quantitative estimate of drug-likeness (QED) is 0.836. The van der Waals surface area contributed by atoms with E-state index in [1.807, 2.05) is 9.80 Å². The van der Waals surface area contributed by atoms with E-state index in [9.17, 15) is 9.59 Å². The first-order valence-electron chi connectivity index (χ1n) is 9.27. The lowest BCUT2D eigenvalue weighted by molar-refractivity contribution is -0.128. The molecule has 3 aliphatic heterocycles. The Kier molecular flexibility index (Phi) is 4.18. The van der Waals surface area contributed by atoms with E-state index in [1.54, 1.807) is 0 Å². The molecule has 4 fully saturated rings. The van der Waals surface area contributed by atoms with Gasteiger partial charge in [0.2, 0.25) is 5.91 Å². The molecular weight excluding hydrogens is 292 g/mol. The van der Waals surface area contributed by atoms with Gasteiger partial charge in [-0.15, -0.1) is 0 Å². The highest BCUT2D eigenvalue weighted by molar-refractivity contribution is 5.79. The van der Waals surface area contributed by atoms with E-state index >= 15 is 0 Å². The summed E-state index contributed by atoms with van der Waals surface area (Å²) in [5.74, 6) is 0.575. The van der Waals surface area contributed by atoms with Gasteiger partial charge in [0.1, 0.15) is 0 Å². The molecule has 3 saturated heterocycles. The summed E-state index contributed by atoms with van der Waals surface area (Å²) in [5.41, 5.74) is 0. The second-order valence-electron chi connectivity index (χ2n) is 7.67. The van der Waals surface area contributed by atoms with E-state index in [-0.39, 0.29) is 11.9 Å². The predicted molar refractivity (Wildman–Crippen MR) is 87.0 cm³/mol. The number of nitrogens with zero attached hydrogens (tertiary/aromatic N) is 3. The Morgan fingerprint density at radius 2 is 1.83 bits per heavy atom. The van der Waals surface area contributed by atoms with Crippen molar-refractivity contribution in [2.75, 3.05) is 39.3 Å². The van der Waals surface area contributed by atoms with Crippen LogP contribution in [-0.4, -0.2) is 78.0 Å². The fraction of sp³-hybridized carbons (Fsp3) is 0.882.